The van der Waals surface area contributed by atoms with Gasteiger partial charge in [-0.05, 0) is 12.1 Å². The third-order valence-corrected chi connectivity index (χ3v) is 1.88. The highest BCUT2D eigenvalue weighted by Gasteiger charge is 2.20. The van der Waals surface area contributed by atoms with E-state index in [2.05, 4.69) is 0 Å². The van der Waals surface area contributed by atoms with Crippen LogP contribution in [0, 0.1) is 0 Å². The van der Waals surface area contributed by atoms with Gasteiger partial charge in [-0.3, -0.25) is 0 Å². The van der Waals surface area contributed by atoms with E-state index in [0.29, 0.717) is 0 Å². The van der Waals surface area contributed by atoms with E-state index in [-0.39, 0.29) is 17.1 Å². The minimum atomic E-state index is -1.37. The maximum atomic E-state index is 9.41. The SMILES string of the molecule is OCC(O)C(O)c1ccc(O)cc1O. The first-order valence-electron chi connectivity index (χ1n) is 4.05. The van der Waals surface area contributed by atoms with Gasteiger partial charge in [-0.25, -0.2) is 0 Å². The van der Waals surface area contributed by atoms with Gasteiger partial charge in [0.05, 0.1) is 6.61 Å². The Kier molecular flexibility index (Phi) is 3.29. The topological polar surface area (TPSA) is 101 Å². The number of hydrogen-bond acceptors (Lipinski definition) is 5. The first-order chi connectivity index (χ1) is 6.56. The summed E-state index contributed by atoms with van der Waals surface area (Å²) >= 11 is 0. The molecule has 5 N–H and O–H groups in total. The van der Waals surface area contributed by atoms with Crippen LogP contribution in [0.15, 0.2) is 18.2 Å². The lowest BCUT2D eigenvalue weighted by atomic mass is 10.0. The lowest BCUT2D eigenvalue weighted by Gasteiger charge is -2.16. The maximum Gasteiger partial charge on any atom is 0.125 e. The van der Waals surface area contributed by atoms with Gasteiger partial charge >= 0.3 is 0 Å². The molecule has 0 saturated carbocycles. The summed E-state index contributed by atoms with van der Waals surface area (Å²) in [5.74, 6) is -0.470. The number of benzene rings is 1. The molecule has 0 aromatic heterocycles. The number of rotatable bonds is 3. The molecular weight excluding hydrogens is 188 g/mol. The van der Waals surface area contributed by atoms with Crippen LogP contribution in [0.5, 0.6) is 11.5 Å². The molecule has 0 aliphatic carbocycles. The van der Waals surface area contributed by atoms with Crippen molar-refractivity contribution < 1.29 is 25.5 Å². The van der Waals surface area contributed by atoms with E-state index < -0.39 is 18.8 Å². The number of aliphatic hydroxyl groups is 3. The van der Waals surface area contributed by atoms with Gasteiger partial charge in [-0.15, -0.1) is 0 Å². The Hall–Kier alpha value is -1.30. The Balaban J connectivity index is 2.95. The van der Waals surface area contributed by atoms with Crippen molar-refractivity contribution in [3.05, 3.63) is 23.8 Å². The van der Waals surface area contributed by atoms with Crippen molar-refractivity contribution in [3.63, 3.8) is 0 Å². The molecule has 2 atom stereocenters. The fourth-order valence-electron chi connectivity index (χ4n) is 1.09. The Morgan fingerprint density at radius 2 is 1.79 bits per heavy atom. The third-order valence-electron chi connectivity index (χ3n) is 1.88. The Morgan fingerprint density at radius 1 is 1.14 bits per heavy atom. The highest BCUT2D eigenvalue weighted by molar-refractivity contribution is 5.40. The molecular formula is C9H12O5. The largest absolute Gasteiger partial charge is 0.508 e. The second kappa shape index (κ2) is 4.28. The molecule has 0 aliphatic heterocycles. The molecule has 1 aromatic rings. The lowest BCUT2D eigenvalue weighted by Crippen LogP contribution is -2.22. The number of phenolic OH excluding ortho intramolecular Hbond substituents is 2. The summed E-state index contributed by atoms with van der Waals surface area (Å²) in [6.07, 6.45) is -2.73. The molecule has 0 aliphatic rings. The van der Waals surface area contributed by atoms with Crippen molar-refractivity contribution in [1.29, 1.82) is 0 Å². The van der Waals surface area contributed by atoms with Crippen LogP contribution in [0.1, 0.15) is 11.7 Å². The Labute approximate surface area is 80.5 Å². The first-order valence-corrected chi connectivity index (χ1v) is 4.05. The van der Waals surface area contributed by atoms with Crippen LogP contribution in [0.25, 0.3) is 0 Å². The highest BCUT2D eigenvalue weighted by atomic mass is 16.4. The zero-order valence-corrected chi connectivity index (χ0v) is 7.33. The van der Waals surface area contributed by atoms with Crippen LogP contribution in [-0.2, 0) is 0 Å². The molecule has 5 nitrogen and oxygen atoms in total. The smallest absolute Gasteiger partial charge is 0.125 e. The number of phenols is 2. The number of aliphatic hydroxyl groups excluding tert-OH is 3. The zero-order chi connectivity index (χ0) is 10.7. The average molecular weight is 200 g/mol. The number of hydrogen-bond donors (Lipinski definition) is 5. The van der Waals surface area contributed by atoms with Gasteiger partial charge in [0.25, 0.3) is 0 Å². The summed E-state index contributed by atoms with van der Waals surface area (Å²) in [6, 6.07) is 3.58. The van der Waals surface area contributed by atoms with Crippen molar-refractivity contribution in [2.45, 2.75) is 12.2 Å². The molecule has 0 amide bonds. The molecule has 0 fully saturated rings. The summed E-state index contributed by atoms with van der Waals surface area (Å²) < 4.78 is 0. The van der Waals surface area contributed by atoms with Gasteiger partial charge in [0, 0.05) is 11.6 Å². The normalized spacial score (nSPS) is 15.1. The van der Waals surface area contributed by atoms with Gasteiger partial charge < -0.3 is 25.5 Å². The Morgan fingerprint density at radius 3 is 2.29 bits per heavy atom. The summed E-state index contributed by atoms with van der Waals surface area (Å²) in [5, 5.41) is 45.3. The summed E-state index contributed by atoms with van der Waals surface area (Å²) in [4.78, 5) is 0. The van der Waals surface area contributed by atoms with Crippen molar-refractivity contribution >= 4 is 0 Å². The van der Waals surface area contributed by atoms with Crippen molar-refractivity contribution in [2.24, 2.45) is 0 Å². The molecule has 14 heavy (non-hydrogen) atoms. The van der Waals surface area contributed by atoms with E-state index in [1.807, 2.05) is 0 Å². The van der Waals surface area contributed by atoms with Gasteiger partial charge in [-0.1, -0.05) is 0 Å². The van der Waals surface area contributed by atoms with Crippen LogP contribution in [-0.4, -0.2) is 38.2 Å². The molecule has 5 heteroatoms. The molecule has 0 radical (unpaired) electrons. The van der Waals surface area contributed by atoms with E-state index >= 15 is 0 Å². The fraction of sp³-hybridized carbons (Fsp3) is 0.333. The predicted octanol–water partition coefficient (Wildman–Crippen LogP) is -0.516. The third kappa shape index (κ3) is 2.14. The summed E-state index contributed by atoms with van der Waals surface area (Å²) in [7, 11) is 0. The minimum absolute atomic E-state index is 0.0596. The van der Waals surface area contributed by atoms with E-state index in [0.717, 1.165) is 6.07 Å². The first kappa shape index (κ1) is 10.8. The second-order valence-corrected chi connectivity index (χ2v) is 2.94. The van der Waals surface area contributed by atoms with E-state index in [1.54, 1.807) is 0 Å². The maximum absolute atomic E-state index is 9.41. The van der Waals surface area contributed by atoms with E-state index in [1.165, 1.54) is 12.1 Å². The summed E-state index contributed by atoms with van der Waals surface area (Å²) in [6.45, 7) is -0.610. The predicted molar refractivity (Wildman–Crippen MR) is 47.8 cm³/mol. The van der Waals surface area contributed by atoms with Gasteiger partial charge in [-0.2, -0.15) is 0 Å². The quantitative estimate of drug-likeness (QED) is 0.452. The molecule has 0 saturated heterocycles. The van der Waals surface area contributed by atoms with Gasteiger partial charge in [0.1, 0.15) is 23.7 Å². The lowest BCUT2D eigenvalue weighted by molar-refractivity contribution is -0.0162. The molecule has 2 unspecified atom stereocenters. The van der Waals surface area contributed by atoms with Crippen molar-refractivity contribution in [2.75, 3.05) is 6.61 Å². The molecule has 0 heterocycles. The summed E-state index contributed by atoms with van der Waals surface area (Å²) in [5.41, 5.74) is 0.0596. The number of aromatic hydroxyl groups is 2. The zero-order valence-electron chi connectivity index (χ0n) is 7.33. The van der Waals surface area contributed by atoms with Crippen LogP contribution in [0.4, 0.5) is 0 Å². The fourth-order valence-corrected chi connectivity index (χ4v) is 1.09. The van der Waals surface area contributed by atoms with Gasteiger partial charge in [0.15, 0.2) is 0 Å². The highest BCUT2D eigenvalue weighted by Crippen LogP contribution is 2.29. The van der Waals surface area contributed by atoms with Gasteiger partial charge in [0.2, 0.25) is 0 Å². The molecule has 1 rings (SSSR count). The van der Waals surface area contributed by atoms with Crippen molar-refractivity contribution in [3.8, 4) is 11.5 Å². The standard InChI is InChI=1S/C9H12O5/c10-4-8(13)9(14)6-2-1-5(11)3-7(6)12/h1-3,8-14H,4H2. The average Bonchev–Trinajstić information content (AvgIpc) is 2.15. The van der Waals surface area contributed by atoms with E-state index in [9.17, 15) is 10.2 Å². The monoisotopic (exact) mass is 200 g/mol. The molecule has 0 bridgehead atoms. The molecule has 0 spiro atoms. The van der Waals surface area contributed by atoms with Crippen LogP contribution in [0.2, 0.25) is 0 Å². The van der Waals surface area contributed by atoms with Crippen LogP contribution >= 0.6 is 0 Å². The molecule has 78 valence electrons. The Bertz CT molecular complexity index is 312. The second-order valence-electron chi connectivity index (χ2n) is 2.94. The van der Waals surface area contributed by atoms with Crippen LogP contribution in [0.3, 0.4) is 0 Å². The van der Waals surface area contributed by atoms with Crippen molar-refractivity contribution in [1.82, 2.24) is 0 Å². The van der Waals surface area contributed by atoms with E-state index in [4.69, 9.17) is 15.3 Å². The van der Waals surface area contributed by atoms with Crippen LogP contribution < -0.4 is 0 Å². The minimum Gasteiger partial charge on any atom is -0.508 e. The molecule has 1 aromatic carbocycles.